The summed E-state index contributed by atoms with van der Waals surface area (Å²) in [7, 11) is 0. The Morgan fingerprint density at radius 1 is 1.17 bits per heavy atom. The molecule has 1 heterocycles. The van der Waals surface area contributed by atoms with Crippen molar-refractivity contribution >= 4 is 49.8 Å². The third-order valence-electron chi connectivity index (χ3n) is 4.30. The van der Waals surface area contributed by atoms with Gasteiger partial charge < -0.3 is 9.15 Å². The lowest BCUT2D eigenvalue weighted by Gasteiger charge is -2.09. The van der Waals surface area contributed by atoms with Gasteiger partial charge in [0, 0.05) is 15.4 Å². The van der Waals surface area contributed by atoms with E-state index in [9.17, 15) is 4.79 Å². The Kier molecular flexibility index (Phi) is 5.32. The molecule has 0 unspecified atom stereocenters. The molecule has 4 aromatic rings. The topological polar surface area (TPSA) is 63.8 Å². The minimum absolute atomic E-state index is 0.139. The molecule has 0 spiro atoms. The molecule has 1 N–H and O–H groups in total. The number of fused-ring (bicyclic) bond motifs is 2. The van der Waals surface area contributed by atoms with Gasteiger partial charge in [-0.05, 0) is 41.1 Å². The second-order valence-electron chi connectivity index (χ2n) is 6.18. The summed E-state index contributed by atoms with van der Waals surface area (Å²) in [5.41, 5.74) is 3.86. The van der Waals surface area contributed by atoms with Crippen molar-refractivity contribution in [3.63, 3.8) is 0 Å². The predicted molar refractivity (Wildman–Crippen MR) is 117 cm³/mol. The van der Waals surface area contributed by atoms with E-state index in [-0.39, 0.29) is 12.4 Å². The van der Waals surface area contributed by atoms with Crippen molar-refractivity contribution in [2.75, 3.05) is 6.61 Å². The number of carbonyl (C=O) groups excluding carboxylic acids is 1. The average Bonchev–Trinajstić information content (AvgIpc) is 3.16. The number of carbonyl (C=O) groups is 1. The van der Waals surface area contributed by atoms with E-state index in [0.717, 1.165) is 26.2 Å². The first-order valence-corrected chi connectivity index (χ1v) is 9.55. The fourth-order valence-corrected chi connectivity index (χ4v) is 3.37. The van der Waals surface area contributed by atoms with Crippen LogP contribution in [0.1, 0.15) is 16.1 Å². The van der Waals surface area contributed by atoms with E-state index >= 15 is 0 Å². The summed E-state index contributed by atoms with van der Waals surface area (Å²) in [6.07, 6.45) is 6.85. The summed E-state index contributed by atoms with van der Waals surface area (Å²) in [6, 6.07) is 18.8. The van der Waals surface area contributed by atoms with Crippen molar-refractivity contribution in [3.05, 3.63) is 76.5 Å². The van der Waals surface area contributed by atoms with Gasteiger partial charge in [0.2, 0.25) is 0 Å². The molecule has 0 aliphatic carbocycles. The summed E-state index contributed by atoms with van der Waals surface area (Å²) in [4.78, 5) is 12.4. The fourth-order valence-electron chi connectivity index (χ4n) is 2.99. The van der Waals surface area contributed by atoms with Crippen molar-refractivity contribution in [1.82, 2.24) is 5.43 Å². The molecule has 0 aliphatic heterocycles. The molecule has 29 heavy (non-hydrogen) atoms. The summed E-state index contributed by atoms with van der Waals surface area (Å²) in [5, 5.41) is 6.89. The van der Waals surface area contributed by atoms with E-state index in [4.69, 9.17) is 15.6 Å². The van der Waals surface area contributed by atoms with Gasteiger partial charge in [-0.3, -0.25) is 4.79 Å². The molecular weight excluding hydrogens is 432 g/mol. The van der Waals surface area contributed by atoms with E-state index in [1.807, 2.05) is 48.5 Å². The number of nitrogens with one attached hydrogen (secondary N) is 1. The Morgan fingerprint density at radius 2 is 2.03 bits per heavy atom. The van der Waals surface area contributed by atoms with Crippen LogP contribution < -0.4 is 10.2 Å². The molecule has 0 saturated carbocycles. The molecule has 4 rings (SSSR count). The first kappa shape index (κ1) is 18.8. The van der Waals surface area contributed by atoms with Gasteiger partial charge in [-0.1, -0.05) is 52.2 Å². The number of nitrogens with zero attached hydrogens (tertiary/aromatic N) is 1. The molecule has 3 aromatic carbocycles. The van der Waals surface area contributed by atoms with Gasteiger partial charge in [0.05, 0.1) is 6.21 Å². The second-order valence-corrected chi connectivity index (χ2v) is 7.10. The molecule has 0 saturated heterocycles. The highest BCUT2D eigenvalue weighted by Crippen LogP contribution is 2.27. The third kappa shape index (κ3) is 4.00. The van der Waals surface area contributed by atoms with Crippen LogP contribution in [0.2, 0.25) is 0 Å². The minimum atomic E-state index is -0.445. The number of hydrazone groups is 1. The van der Waals surface area contributed by atoms with E-state index in [0.29, 0.717) is 11.3 Å². The molecular formula is C23H15BrN2O3. The Bertz CT molecular complexity index is 1280. The number of ether oxygens (including phenoxy) is 1. The molecule has 6 heteroatoms. The molecule has 1 amide bonds. The second kappa shape index (κ2) is 8.21. The SMILES string of the molecule is C#CCOc1ccc2ccccc2c1/C=N/NC(=O)c1cc2cc(Br)ccc2o1. The minimum Gasteiger partial charge on any atom is -0.480 e. The average molecular weight is 447 g/mol. The van der Waals surface area contributed by atoms with Crippen molar-refractivity contribution in [2.45, 2.75) is 0 Å². The van der Waals surface area contributed by atoms with Crippen LogP contribution in [0, 0.1) is 12.3 Å². The van der Waals surface area contributed by atoms with Crippen molar-refractivity contribution in [1.29, 1.82) is 0 Å². The van der Waals surface area contributed by atoms with Crippen LogP contribution in [0.25, 0.3) is 21.7 Å². The first-order valence-electron chi connectivity index (χ1n) is 8.76. The number of furan rings is 1. The molecule has 1 aromatic heterocycles. The van der Waals surface area contributed by atoms with Crippen LogP contribution in [0.5, 0.6) is 5.75 Å². The smallest absolute Gasteiger partial charge is 0.307 e. The number of hydrogen-bond donors (Lipinski definition) is 1. The normalized spacial score (nSPS) is 11.0. The Morgan fingerprint density at radius 3 is 2.90 bits per heavy atom. The molecule has 0 fully saturated rings. The number of benzene rings is 3. The van der Waals surface area contributed by atoms with Gasteiger partial charge in [0.25, 0.3) is 0 Å². The number of amides is 1. The summed E-state index contributed by atoms with van der Waals surface area (Å²) >= 11 is 3.40. The zero-order chi connectivity index (χ0) is 20.2. The van der Waals surface area contributed by atoms with Crippen molar-refractivity contribution in [3.8, 4) is 18.1 Å². The zero-order valence-corrected chi connectivity index (χ0v) is 16.8. The van der Waals surface area contributed by atoms with E-state index in [1.54, 1.807) is 18.3 Å². The molecule has 142 valence electrons. The van der Waals surface area contributed by atoms with Crippen molar-refractivity contribution < 1.29 is 13.9 Å². The third-order valence-corrected chi connectivity index (χ3v) is 4.80. The lowest BCUT2D eigenvalue weighted by atomic mass is 10.0. The van der Waals surface area contributed by atoms with Crippen LogP contribution >= 0.6 is 15.9 Å². The van der Waals surface area contributed by atoms with Gasteiger partial charge in [0.1, 0.15) is 17.9 Å². The van der Waals surface area contributed by atoms with Gasteiger partial charge in [0.15, 0.2) is 5.76 Å². The summed E-state index contributed by atoms with van der Waals surface area (Å²) in [5.74, 6) is 2.78. The van der Waals surface area contributed by atoms with Crippen LogP contribution in [-0.2, 0) is 0 Å². The number of terminal acetylenes is 1. The number of hydrogen-bond acceptors (Lipinski definition) is 4. The monoisotopic (exact) mass is 446 g/mol. The van der Waals surface area contributed by atoms with Gasteiger partial charge in [-0.15, -0.1) is 6.42 Å². The highest BCUT2D eigenvalue weighted by Gasteiger charge is 2.12. The number of halogens is 1. The zero-order valence-electron chi connectivity index (χ0n) is 15.2. The summed E-state index contributed by atoms with van der Waals surface area (Å²) < 4.78 is 12.1. The molecule has 0 radical (unpaired) electrons. The summed E-state index contributed by atoms with van der Waals surface area (Å²) in [6.45, 7) is 0.139. The van der Waals surface area contributed by atoms with Gasteiger partial charge >= 0.3 is 5.91 Å². The van der Waals surface area contributed by atoms with Crippen LogP contribution in [0.3, 0.4) is 0 Å². The maximum absolute atomic E-state index is 12.4. The standard InChI is InChI=1S/C23H15BrN2O3/c1-2-11-28-21-9-7-15-5-3-4-6-18(15)19(21)14-25-26-23(27)22-13-16-12-17(24)8-10-20(16)29-22/h1,3-10,12-14H,11H2,(H,26,27)/b25-14+. The van der Waals surface area contributed by atoms with E-state index < -0.39 is 5.91 Å². The fraction of sp³-hybridized carbons (Fsp3) is 0.0435. The van der Waals surface area contributed by atoms with Gasteiger partial charge in [-0.25, -0.2) is 5.43 Å². The highest BCUT2D eigenvalue weighted by atomic mass is 79.9. The quantitative estimate of drug-likeness (QED) is 0.262. The van der Waals surface area contributed by atoms with Crippen LogP contribution in [-0.4, -0.2) is 18.7 Å². The largest absolute Gasteiger partial charge is 0.480 e. The maximum atomic E-state index is 12.4. The molecule has 0 bridgehead atoms. The van der Waals surface area contributed by atoms with Gasteiger partial charge in [-0.2, -0.15) is 5.10 Å². The molecule has 5 nitrogen and oxygen atoms in total. The lowest BCUT2D eigenvalue weighted by Crippen LogP contribution is -2.16. The Labute approximate surface area is 175 Å². The molecule has 0 aliphatic rings. The molecule has 0 atom stereocenters. The number of rotatable bonds is 5. The highest BCUT2D eigenvalue weighted by molar-refractivity contribution is 9.10. The lowest BCUT2D eigenvalue weighted by molar-refractivity contribution is 0.0929. The van der Waals surface area contributed by atoms with Crippen LogP contribution in [0.15, 0.2) is 74.7 Å². The maximum Gasteiger partial charge on any atom is 0.307 e. The van der Waals surface area contributed by atoms with E-state index in [1.165, 1.54) is 0 Å². The van der Waals surface area contributed by atoms with Crippen molar-refractivity contribution in [2.24, 2.45) is 5.10 Å². The first-order chi connectivity index (χ1) is 14.2. The Balaban J connectivity index is 1.60. The Hall–Kier alpha value is -3.56. The van der Waals surface area contributed by atoms with Crippen LogP contribution in [0.4, 0.5) is 0 Å². The predicted octanol–water partition coefficient (Wildman–Crippen LogP) is 5.12. The van der Waals surface area contributed by atoms with E-state index in [2.05, 4.69) is 32.4 Å².